The third-order valence-electron chi connectivity index (χ3n) is 4.53. The van der Waals surface area contributed by atoms with Gasteiger partial charge < -0.3 is 4.74 Å². The molecule has 0 amide bonds. The molecule has 0 saturated heterocycles. The van der Waals surface area contributed by atoms with Gasteiger partial charge in [0, 0.05) is 18.8 Å². The lowest BCUT2D eigenvalue weighted by Gasteiger charge is -2.25. The third-order valence-corrected chi connectivity index (χ3v) is 4.53. The van der Waals surface area contributed by atoms with Gasteiger partial charge in [-0.1, -0.05) is 42.7 Å². The lowest BCUT2D eigenvalue weighted by molar-refractivity contribution is -0.138. The molecule has 1 aromatic rings. The molecule has 0 aliphatic heterocycles. The molecule has 0 spiro atoms. The Morgan fingerprint density at radius 3 is 2.33 bits per heavy atom. The number of aryl methyl sites for hydroxylation is 1. The van der Waals surface area contributed by atoms with Crippen LogP contribution in [-0.4, -0.2) is 11.8 Å². The molecule has 2 aliphatic rings. The molecule has 3 rings (SSSR count). The number of rotatable bonds is 2. The minimum absolute atomic E-state index is 0.00408. The molecule has 0 aromatic heterocycles. The first kappa shape index (κ1) is 14.1. The first-order valence-corrected chi connectivity index (χ1v) is 7.62. The molecule has 21 heavy (non-hydrogen) atoms. The van der Waals surface area contributed by atoms with E-state index in [-0.39, 0.29) is 23.6 Å². The van der Waals surface area contributed by atoms with E-state index in [2.05, 4.69) is 0 Å². The van der Waals surface area contributed by atoms with Crippen molar-refractivity contribution in [3.05, 3.63) is 41.2 Å². The zero-order chi connectivity index (χ0) is 15.0. The van der Waals surface area contributed by atoms with E-state index in [9.17, 15) is 9.59 Å². The molecule has 0 heterocycles. The Bertz CT molecular complexity index is 610. The standard InChI is InChI=1S/C18H20O3/c1-11-7-9-13(10-8-11)16-17(20)14-5-3-4-6-15(14)18(16)21-12(2)19/h7-10,14-15H,3-6H2,1-2H3. The summed E-state index contributed by atoms with van der Waals surface area (Å²) in [7, 11) is 0. The highest BCUT2D eigenvalue weighted by atomic mass is 16.5. The first-order chi connectivity index (χ1) is 10.1. The zero-order valence-electron chi connectivity index (χ0n) is 12.5. The van der Waals surface area contributed by atoms with Gasteiger partial charge in [0.2, 0.25) is 0 Å². The predicted octanol–water partition coefficient (Wildman–Crippen LogP) is 3.66. The molecular weight excluding hydrogens is 264 g/mol. The van der Waals surface area contributed by atoms with Crippen LogP contribution in [0.5, 0.6) is 0 Å². The van der Waals surface area contributed by atoms with Gasteiger partial charge in [0.05, 0.1) is 5.57 Å². The topological polar surface area (TPSA) is 43.4 Å². The minimum atomic E-state index is -0.339. The van der Waals surface area contributed by atoms with Gasteiger partial charge >= 0.3 is 5.97 Å². The fraction of sp³-hybridized carbons (Fsp3) is 0.444. The van der Waals surface area contributed by atoms with E-state index in [1.807, 2.05) is 31.2 Å². The SMILES string of the molecule is CC(=O)OC1=C(c2ccc(C)cc2)C(=O)C2CCCCC12. The highest BCUT2D eigenvalue weighted by molar-refractivity contribution is 6.25. The van der Waals surface area contributed by atoms with Gasteiger partial charge in [0.25, 0.3) is 0 Å². The van der Waals surface area contributed by atoms with Crippen molar-refractivity contribution in [1.82, 2.24) is 0 Å². The molecule has 0 bridgehead atoms. The molecule has 1 saturated carbocycles. The van der Waals surface area contributed by atoms with Crippen LogP contribution in [0, 0.1) is 18.8 Å². The maximum atomic E-state index is 12.8. The number of carbonyl (C=O) groups is 2. The van der Waals surface area contributed by atoms with Crippen LogP contribution in [0.3, 0.4) is 0 Å². The van der Waals surface area contributed by atoms with Gasteiger partial charge in [-0.25, -0.2) is 0 Å². The molecule has 0 N–H and O–H groups in total. The molecule has 3 heteroatoms. The number of hydrogen-bond acceptors (Lipinski definition) is 3. The molecule has 2 aliphatic carbocycles. The highest BCUT2D eigenvalue weighted by Gasteiger charge is 2.45. The summed E-state index contributed by atoms with van der Waals surface area (Å²) in [5, 5.41) is 0. The fourth-order valence-corrected chi connectivity index (χ4v) is 3.54. The lowest BCUT2D eigenvalue weighted by Crippen LogP contribution is -2.22. The average Bonchev–Trinajstić information content (AvgIpc) is 2.73. The fourth-order valence-electron chi connectivity index (χ4n) is 3.54. The van der Waals surface area contributed by atoms with Gasteiger partial charge in [-0.2, -0.15) is 0 Å². The minimum Gasteiger partial charge on any atom is -0.430 e. The number of allylic oxidation sites excluding steroid dienone is 2. The summed E-state index contributed by atoms with van der Waals surface area (Å²) in [6.07, 6.45) is 4.03. The second-order valence-electron chi connectivity index (χ2n) is 6.06. The molecule has 1 fully saturated rings. The van der Waals surface area contributed by atoms with Crippen molar-refractivity contribution < 1.29 is 14.3 Å². The van der Waals surface area contributed by atoms with E-state index in [1.54, 1.807) is 0 Å². The maximum absolute atomic E-state index is 12.8. The van der Waals surface area contributed by atoms with Crippen LogP contribution in [0.15, 0.2) is 30.0 Å². The zero-order valence-corrected chi connectivity index (χ0v) is 12.5. The molecule has 1 aromatic carbocycles. The summed E-state index contributed by atoms with van der Waals surface area (Å²) in [4.78, 5) is 24.2. The molecular formula is C18H20O3. The van der Waals surface area contributed by atoms with Crippen LogP contribution in [-0.2, 0) is 14.3 Å². The molecule has 2 atom stereocenters. The van der Waals surface area contributed by atoms with Crippen molar-refractivity contribution >= 4 is 17.3 Å². The average molecular weight is 284 g/mol. The molecule has 0 radical (unpaired) electrons. The third kappa shape index (κ3) is 2.53. The van der Waals surface area contributed by atoms with Crippen molar-refractivity contribution in [2.75, 3.05) is 0 Å². The van der Waals surface area contributed by atoms with Crippen LogP contribution in [0.25, 0.3) is 5.57 Å². The summed E-state index contributed by atoms with van der Waals surface area (Å²) < 4.78 is 5.47. The van der Waals surface area contributed by atoms with Gasteiger partial charge in [-0.3, -0.25) is 9.59 Å². The van der Waals surface area contributed by atoms with E-state index in [0.717, 1.165) is 36.8 Å². The quantitative estimate of drug-likeness (QED) is 0.778. The van der Waals surface area contributed by atoms with E-state index < -0.39 is 0 Å². The Morgan fingerprint density at radius 1 is 1.10 bits per heavy atom. The number of esters is 1. The summed E-state index contributed by atoms with van der Waals surface area (Å²) in [6, 6.07) is 7.87. The Labute approximate surface area is 125 Å². The Balaban J connectivity index is 2.07. The van der Waals surface area contributed by atoms with E-state index >= 15 is 0 Å². The summed E-state index contributed by atoms with van der Waals surface area (Å²) in [5.74, 6) is 0.519. The van der Waals surface area contributed by atoms with Crippen LogP contribution < -0.4 is 0 Å². The van der Waals surface area contributed by atoms with E-state index in [0.29, 0.717) is 11.3 Å². The van der Waals surface area contributed by atoms with Crippen molar-refractivity contribution in [2.45, 2.75) is 39.5 Å². The molecule has 2 unspecified atom stereocenters. The Morgan fingerprint density at radius 2 is 1.71 bits per heavy atom. The van der Waals surface area contributed by atoms with Crippen LogP contribution in [0.4, 0.5) is 0 Å². The number of benzene rings is 1. The number of Topliss-reactive ketones (excluding diaryl/α,β-unsaturated/α-hetero) is 1. The largest absolute Gasteiger partial charge is 0.430 e. The summed E-state index contributed by atoms with van der Waals surface area (Å²) >= 11 is 0. The summed E-state index contributed by atoms with van der Waals surface area (Å²) in [5.41, 5.74) is 2.65. The van der Waals surface area contributed by atoms with Crippen LogP contribution >= 0.6 is 0 Å². The van der Waals surface area contributed by atoms with Gasteiger partial charge in [-0.15, -0.1) is 0 Å². The van der Waals surface area contributed by atoms with Gasteiger partial charge in [0.1, 0.15) is 5.76 Å². The smallest absolute Gasteiger partial charge is 0.307 e. The number of ether oxygens (including phenoxy) is 1. The Hall–Kier alpha value is -1.90. The lowest BCUT2D eigenvalue weighted by atomic mass is 9.80. The van der Waals surface area contributed by atoms with Crippen LogP contribution in [0.1, 0.15) is 43.7 Å². The number of fused-ring (bicyclic) bond motifs is 1. The maximum Gasteiger partial charge on any atom is 0.307 e. The van der Waals surface area contributed by atoms with Crippen LogP contribution in [0.2, 0.25) is 0 Å². The molecule has 3 nitrogen and oxygen atoms in total. The second kappa shape index (κ2) is 5.47. The first-order valence-electron chi connectivity index (χ1n) is 7.62. The van der Waals surface area contributed by atoms with Crippen molar-refractivity contribution in [1.29, 1.82) is 0 Å². The normalized spacial score (nSPS) is 25.0. The summed E-state index contributed by atoms with van der Waals surface area (Å²) in [6.45, 7) is 3.42. The highest BCUT2D eigenvalue weighted by Crippen LogP contribution is 2.47. The Kier molecular flexibility index (Phi) is 3.66. The van der Waals surface area contributed by atoms with Crippen molar-refractivity contribution in [3.8, 4) is 0 Å². The van der Waals surface area contributed by atoms with E-state index in [4.69, 9.17) is 4.74 Å². The van der Waals surface area contributed by atoms with Gasteiger partial charge in [-0.05, 0) is 25.3 Å². The molecule has 110 valence electrons. The second-order valence-corrected chi connectivity index (χ2v) is 6.06. The van der Waals surface area contributed by atoms with Crippen molar-refractivity contribution in [3.63, 3.8) is 0 Å². The predicted molar refractivity (Wildman–Crippen MR) is 80.3 cm³/mol. The van der Waals surface area contributed by atoms with E-state index in [1.165, 1.54) is 6.92 Å². The number of carbonyl (C=O) groups excluding carboxylic acids is 2. The monoisotopic (exact) mass is 284 g/mol. The van der Waals surface area contributed by atoms with Gasteiger partial charge in [0.15, 0.2) is 5.78 Å². The number of ketones is 1. The number of hydrogen-bond donors (Lipinski definition) is 0. The van der Waals surface area contributed by atoms with Crippen molar-refractivity contribution in [2.24, 2.45) is 11.8 Å².